The number of anilines is 1. The van der Waals surface area contributed by atoms with Gasteiger partial charge in [0.25, 0.3) is 0 Å². The van der Waals surface area contributed by atoms with Gasteiger partial charge in [-0.2, -0.15) is 0 Å². The zero-order valence-corrected chi connectivity index (χ0v) is 11.4. The first-order valence-corrected chi connectivity index (χ1v) is 6.71. The van der Waals surface area contributed by atoms with Gasteiger partial charge in [0.15, 0.2) is 0 Å². The van der Waals surface area contributed by atoms with Crippen LogP contribution in [-0.2, 0) is 4.74 Å². The first-order valence-electron chi connectivity index (χ1n) is 6.71. The van der Waals surface area contributed by atoms with E-state index in [1.807, 2.05) is 0 Å². The summed E-state index contributed by atoms with van der Waals surface area (Å²) in [5.74, 6) is -1.52. The van der Waals surface area contributed by atoms with Gasteiger partial charge >= 0.3 is 12.0 Å². The monoisotopic (exact) mass is 296 g/mol. The van der Waals surface area contributed by atoms with E-state index in [1.165, 1.54) is 6.07 Å². The number of aromatic carboxylic acids is 1. The van der Waals surface area contributed by atoms with Crippen LogP contribution in [-0.4, -0.2) is 36.9 Å². The SMILES string of the molecule is O=C(NCCC1CCOC1)Nc1ccc(F)cc1C(=O)O. The molecule has 21 heavy (non-hydrogen) atoms. The highest BCUT2D eigenvalue weighted by atomic mass is 19.1. The van der Waals surface area contributed by atoms with Gasteiger partial charge in [-0.15, -0.1) is 0 Å². The molecule has 1 heterocycles. The van der Waals surface area contributed by atoms with Crippen molar-refractivity contribution in [1.29, 1.82) is 0 Å². The standard InChI is InChI=1S/C14H17FN2O4/c15-10-1-2-12(11(7-10)13(18)19)17-14(20)16-5-3-9-4-6-21-8-9/h1-2,7,9H,3-6,8H2,(H,18,19)(H2,16,17,20). The Morgan fingerprint density at radius 2 is 2.24 bits per heavy atom. The van der Waals surface area contributed by atoms with Crippen molar-refractivity contribution in [3.8, 4) is 0 Å². The lowest BCUT2D eigenvalue weighted by Crippen LogP contribution is -2.31. The third kappa shape index (κ3) is 4.42. The van der Waals surface area contributed by atoms with E-state index in [0.717, 1.165) is 31.6 Å². The molecule has 3 N–H and O–H groups in total. The van der Waals surface area contributed by atoms with Crippen molar-refractivity contribution >= 4 is 17.7 Å². The summed E-state index contributed by atoms with van der Waals surface area (Å²) in [5, 5.41) is 14.0. The number of carboxylic acids is 1. The van der Waals surface area contributed by atoms with E-state index in [-0.39, 0.29) is 11.3 Å². The van der Waals surface area contributed by atoms with Crippen LogP contribution in [0.15, 0.2) is 18.2 Å². The lowest BCUT2D eigenvalue weighted by Gasteiger charge is -2.11. The lowest BCUT2D eigenvalue weighted by molar-refractivity contribution is 0.0697. The highest BCUT2D eigenvalue weighted by Crippen LogP contribution is 2.17. The fourth-order valence-corrected chi connectivity index (χ4v) is 2.17. The zero-order chi connectivity index (χ0) is 15.2. The highest BCUT2D eigenvalue weighted by molar-refractivity contribution is 5.99. The number of halogens is 1. The van der Waals surface area contributed by atoms with Crippen molar-refractivity contribution in [1.82, 2.24) is 5.32 Å². The molecule has 0 aromatic heterocycles. The van der Waals surface area contributed by atoms with Gasteiger partial charge in [0.2, 0.25) is 0 Å². The molecule has 114 valence electrons. The number of benzene rings is 1. The minimum Gasteiger partial charge on any atom is -0.478 e. The Balaban J connectivity index is 1.85. The minimum absolute atomic E-state index is 0.0607. The van der Waals surface area contributed by atoms with Gasteiger partial charge < -0.3 is 20.5 Å². The summed E-state index contributed by atoms with van der Waals surface area (Å²) in [6.45, 7) is 1.95. The topological polar surface area (TPSA) is 87.7 Å². The van der Waals surface area contributed by atoms with E-state index >= 15 is 0 Å². The molecule has 0 saturated carbocycles. The summed E-state index contributed by atoms with van der Waals surface area (Å²) in [6.07, 6.45) is 1.80. The number of rotatable bonds is 5. The van der Waals surface area contributed by atoms with Gasteiger partial charge in [-0.1, -0.05) is 0 Å². The Bertz CT molecular complexity index is 530. The molecule has 1 saturated heterocycles. The van der Waals surface area contributed by atoms with Crippen LogP contribution in [0, 0.1) is 11.7 Å². The average Bonchev–Trinajstić information content (AvgIpc) is 2.94. The predicted molar refractivity (Wildman–Crippen MR) is 73.9 cm³/mol. The Labute approximate surface area is 121 Å². The zero-order valence-electron chi connectivity index (χ0n) is 11.4. The van der Waals surface area contributed by atoms with Gasteiger partial charge in [-0.25, -0.2) is 14.0 Å². The van der Waals surface area contributed by atoms with E-state index < -0.39 is 17.8 Å². The normalized spacial score (nSPS) is 17.5. The summed E-state index contributed by atoms with van der Waals surface area (Å²) in [7, 11) is 0. The van der Waals surface area contributed by atoms with Gasteiger partial charge in [0, 0.05) is 19.8 Å². The Kier molecular flexibility index (Phi) is 5.10. The van der Waals surface area contributed by atoms with Gasteiger partial charge in [0.05, 0.1) is 11.3 Å². The third-order valence-corrected chi connectivity index (χ3v) is 3.32. The van der Waals surface area contributed by atoms with Crippen LogP contribution in [0.25, 0.3) is 0 Å². The van der Waals surface area contributed by atoms with Crippen LogP contribution in [0.1, 0.15) is 23.2 Å². The van der Waals surface area contributed by atoms with E-state index in [9.17, 15) is 14.0 Å². The second-order valence-corrected chi connectivity index (χ2v) is 4.89. The lowest BCUT2D eigenvalue weighted by atomic mass is 10.1. The summed E-state index contributed by atoms with van der Waals surface area (Å²) < 4.78 is 18.3. The maximum atomic E-state index is 13.0. The molecule has 1 aliphatic heterocycles. The number of urea groups is 1. The molecular weight excluding hydrogens is 279 g/mol. The smallest absolute Gasteiger partial charge is 0.337 e. The number of carbonyl (C=O) groups excluding carboxylic acids is 1. The Hall–Kier alpha value is -2.15. The summed E-state index contributed by atoms with van der Waals surface area (Å²) in [6, 6.07) is 2.68. The van der Waals surface area contributed by atoms with Crippen LogP contribution in [0.5, 0.6) is 0 Å². The van der Waals surface area contributed by atoms with Crippen LogP contribution >= 0.6 is 0 Å². The van der Waals surface area contributed by atoms with Crippen molar-refractivity contribution in [2.24, 2.45) is 5.92 Å². The molecule has 1 aliphatic rings. The van der Waals surface area contributed by atoms with Gasteiger partial charge in [0.1, 0.15) is 5.82 Å². The molecule has 2 amide bonds. The van der Waals surface area contributed by atoms with Crippen LogP contribution in [0.2, 0.25) is 0 Å². The fourth-order valence-electron chi connectivity index (χ4n) is 2.17. The number of nitrogens with one attached hydrogen (secondary N) is 2. The maximum Gasteiger partial charge on any atom is 0.337 e. The number of carbonyl (C=O) groups is 2. The first kappa shape index (κ1) is 15.2. The predicted octanol–water partition coefficient (Wildman–Crippen LogP) is 2.07. The quantitative estimate of drug-likeness (QED) is 0.776. The molecular formula is C14H17FN2O4. The average molecular weight is 296 g/mol. The molecule has 0 spiro atoms. The second-order valence-electron chi connectivity index (χ2n) is 4.89. The second kappa shape index (κ2) is 7.03. The number of ether oxygens (including phenoxy) is 1. The molecule has 1 atom stereocenters. The number of hydrogen-bond acceptors (Lipinski definition) is 3. The maximum absolute atomic E-state index is 13.0. The van der Waals surface area contributed by atoms with Gasteiger partial charge in [-0.3, -0.25) is 0 Å². The number of amides is 2. The van der Waals surface area contributed by atoms with E-state index in [2.05, 4.69) is 10.6 Å². The first-order chi connectivity index (χ1) is 10.1. The molecule has 2 rings (SSSR count). The minimum atomic E-state index is -1.30. The molecule has 1 aromatic carbocycles. The highest BCUT2D eigenvalue weighted by Gasteiger charge is 2.16. The molecule has 0 aliphatic carbocycles. The van der Waals surface area contributed by atoms with Gasteiger partial charge in [-0.05, 0) is 37.0 Å². The van der Waals surface area contributed by atoms with E-state index in [4.69, 9.17) is 9.84 Å². The molecule has 1 fully saturated rings. The van der Waals surface area contributed by atoms with Crippen molar-refractivity contribution in [2.75, 3.05) is 25.1 Å². The molecule has 1 aromatic rings. The molecule has 0 bridgehead atoms. The summed E-state index contributed by atoms with van der Waals surface area (Å²) >= 11 is 0. The van der Waals surface area contributed by atoms with E-state index in [1.54, 1.807) is 0 Å². The van der Waals surface area contributed by atoms with Crippen molar-refractivity contribution < 1.29 is 23.8 Å². The number of carboxylic acid groups (broad SMARTS) is 1. The van der Waals surface area contributed by atoms with Crippen molar-refractivity contribution in [2.45, 2.75) is 12.8 Å². The molecule has 6 nitrogen and oxygen atoms in total. The van der Waals surface area contributed by atoms with Crippen molar-refractivity contribution in [3.63, 3.8) is 0 Å². The van der Waals surface area contributed by atoms with Crippen LogP contribution < -0.4 is 10.6 Å². The Morgan fingerprint density at radius 3 is 2.90 bits per heavy atom. The molecule has 7 heteroatoms. The van der Waals surface area contributed by atoms with E-state index in [0.29, 0.717) is 19.1 Å². The largest absolute Gasteiger partial charge is 0.478 e. The Morgan fingerprint density at radius 1 is 1.43 bits per heavy atom. The number of hydrogen-bond donors (Lipinski definition) is 3. The van der Waals surface area contributed by atoms with Crippen LogP contribution in [0.4, 0.5) is 14.9 Å². The fraction of sp³-hybridized carbons (Fsp3) is 0.429. The van der Waals surface area contributed by atoms with Crippen LogP contribution in [0.3, 0.4) is 0 Å². The molecule has 0 radical (unpaired) electrons. The third-order valence-electron chi connectivity index (χ3n) is 3.32. The summed E-state index contributed by atoms with van der Waals surface area (Å²) in [4.78, 5) is 22.7. The summed E-state index contributed by atoms with van der Waals surface area (Å²) in [5.41, 5.74) is -0.222. The van der Waals surface area contributed by atoms with Crippen molar-refractivity contribution in [3.05, 3.63) is 29.6 Å². The molecule has 1 unspecified atom stereocenters.